The summed E-state index contributed by atoms with van der Waals surface area (Å²) in [5.74, 6) is -2.04. The molecule has 2 saturated heterocycles. The monoisotopic (exact) mass is 537 g/mol. The molecule has 2 heterocycles. The van der Waals surface area contributed by atoms with Crippen molar-refractivity contribution < 1.29 is 37.4 Å². The van der Waals surface area contributed by atoms with Crippen LogP contribution in [0.5, 0.6) is 0 Å². The summed E-state index contributed by atoms with van der Waals surface area (Å²) < 4.78 is 39.7. The highest BCUT2D eigenvalue weighted by Crippen LogP contribution is 2.31. The van der Waals surface area contributed by atoms with Crippen molar-refractivity contribution in [2.75, 3.05) is 62.7 Å². The van der Waals surface area contributed by atoms with E-state index in [4.69, 9.17) is 4.74 Å². The lowest BCUT2D eigenvalue weighted by atomic mass is 9.89. The average molecular weight is 538 g/mol. The van der Waals surface area contributed by atoms with E-state index < -0.39 is 29.9 Å². The number of anilines is 2. The first kappa shape index (κ1) is 27.4. The number of carbonyl (C=O) groups is 4. The number of hydrogen-bond donors (Lipinski definition) is 2. The fourth-order valence-corrected chi connectivity index (χ4v) is 5.08. The third-order valence-electron chi connectivity index (χ3n) is 7.19. The minimum Gasteiger partial charge on any atom is -0.453 e. The molecule has 1 aromatic carbocycles. The molecule has 4 amide bonds. The van der Waals surface area contributed by atoms with E-state index in [0.717, 1.165) is 49.1 Å². The van der Waals surface area contributed by atoms with Crippen LogP contribution in [0.15, 0.2) is 12.1 Å². The van der Waals surface area contributed by atoms with Gasteiger partial charge in [0.2, 0.25) is 11.8 Å². The highest BCUT2D eigenvalue weighted by Gasteiger charge is 2.34. The maximum atomic E-state index is 15.1. The van der Waals surface area contributed by atoms with Gasteiger partial charge in [-0.2, -0.15) is 0 Å². The number of methoxy groups -OCH3 is 1. The number of ether oxygens (including phenoxy) is 2. The normalized spacial score (nSPS) is 20.2. The van der Waals surface area contributed by atoms with Crippen molar-refractivity contribution in [3.8, 4) is 0 Å². The van der Waals surface area contributed by atoms with E-state index in [1.165, 1.54) is 12.0 Å². The Balaban J connectivity index is 1.30. The smallest absolute Gasteiger partial charge is 0.414 e. The maximum Gasteiger partial charge on any atom is 0.414 e. The van der Waals surface area contributed by atoms with Gasteiger partial charge in [-0.1, -0.05) is 19.3 Å². The molecule has 0 spiro atoms. The van der Waals surface area contributed by atoms with Gasteiger partial charge in [-0.05, 0) is 12.8 Å². The van der Waals surface area contributed by atoms with Crippen molar-refractivity contribution >= 4 is 35.4 Å². The van der Waals surface area contributed by atoms with Crippen molar-refractivity contribution in [1.82, 2.24) is 15.5 Å². The molecule has 11 nitrogen and oxygen atoms in total. The van der Waals surface area contributed by atoms with Crippen LogP contribution in [0.2, 0.25) is 0 Å². The quantitative estimate of drug-likeness (QED) is 0.546. The first-order valence-electron chi connectivity index (χ1n) is 12.9. The number of alkyl carbamates (subject to hydrolysis) is 1. The molecular formula is C25H33F2N5O6. The molecule has 1 aromatic rings. The maximum absolute atomic E-state index is 15.1. The average Bonchev–Trinajstić information content (AvgIpc) is 3.30. The molecule has 0 unspecified atom stereocenters. The van der Waals surface area contributed by atoms with Crippen molar-refractivity contribution in [2.24, 2.45) is 5.92 Å². The van der Waals surface area contributed by atoms with Gasteiger partial charge < -0.3 is 29.9 Å². The third kappa shape index (κ3) is 6.43. The van der Waals surface area contributed by atoms with E-state index >= 15 is 8.78 Å². The number of benzene rings is 1. The SMILES string of the molecule is COC(=O)NC[C@H]1CN(c2cc(F)c(N3CCN(C(=O)CNC(=O)C4CCCCC4)CC3)c(F)c2)C(=O)O1. The predicted molar refractivity (Wildman–Crippen MR) is 133 cm³/mol. The Bertz CT molecular complexity index is 1040. The van der Waals surface area contributed by atoms with Gasteiger partial charge in [0.15, 0.2) is 11.6 Å². The van der Waals surface area contributed by atoms with Crippen molar-refractivity contribution in [2.45, 2.75) is 38.2 Å². The summed E-state index contributed by atoms with van der Waals surface area (Å²) in [7, 11) is 1.20. The first-order valence-corrected chi connectivity index (χ1v) is 12.9. The van der Waals surface area contributed by atoms with Crippen LogP contribution in [-0.2, 0) is 19.1 Å². The Morgan fingerprint density at radius 1 is 1.03 bits per heavy atom. The second-order valence-electron chi connectivity index (χ2n) is 9.67. The zero-order chi connectivity index (χ0) is 27.2. The molecule has 0 radical (unpaired) electrons. The van der Waals surface area contributed by atoms with E-state index in [9.17, 15) is 19.2 Å². The molecule has 1 aliphatic carbocycles. The molecule has 2 aliphatic heterocycles. The molecular weight excluding hydrogens is 504 g/mol. The van der Waals surface area contributed by atoms with Gasteiger partial charge in [0.05, 0.1) is 32.4 Å². The first-order chi connectivity index (χ1) is 18.3. The standard InChI is InChI=1S/C25H33F2N5O6/c1-37-24(35)29-13-18-15-32(25(36)38-18)17-11-19(26)22(20(27)12-17)31-9-7-30(8-10-31)21(33)14-28-23(34)16-5-3-2-4-6-16/h11-12,16,18H,2-10,13-15H2,1H3,(H,28,34)(H,29,35)/t18-/m0/s1. The lowest BCUT2D eigenvalue weighted by molar-refractivity contribution is -0.134. The third-order valence-corrected chi connectivity index (χ3v) is 7.19. The van der Waals surface area contributed by atoms with Gasteiger partial charge in [-0.3, -0.25) is 14.5 Å². The van der Waals surface area contributed by atoms with Crippen LogP contribution < -0.4 is 20.4 Å². The van der Waals surface area contributed by atoms with Gasteiger partial charge in [0, 0.05) is 44.2 Å². The van der Waals surface area contributed by atoms with Crippen molar-refractivity contribution in [3.63, 3.8) is 0 Å². The van der Waals surface area contributed by atoms with Crippen molar-refractivity contribution in [3.05, 3.63) is 23.8 Å². The van der Waals surface area contributed by atoms with Crippen LogP contribution in [0.25, 0.3) is 0 Å². The molecule has 4 rings (SSSR count). The van der Waals surface area contributed by atoms with Gasteiger partial charge in [-0.25, -0.2) is 18.4 Å². The van der Waals surface area contributed by atoms with Crippen LogP contribution in [0.3, 0.4) is 0 Å². The van der Waals surface area contributed by atoms with Gasteiger partial charge in [-0.15, -0.1) is 0 Å². The molecule has 0 aromatic heterocycles. The molecule has 3 aliphatic rings. The van der Waals surface area contributed by atoms with E-state index in [2.05, 4.69) is 15.4 Å². The molecule has 208 valence electrons. The van der Waals surface area contributed by atoms with E-state index in [1.54, 1.807) is 4.90 Å². The summed E-state index contributed by atoms with van der Waals surface area (Å²) in [5.41, 5.74) is -0.236. The van der Waals surface area contributed by atoms with Gasteiger partial charge in [0.25, 0.3) is 0 Å². The van der Waals surface area contributed by atoms with Crippen molar-refractivity contribution in [1.29, 1.82) is 0 Å². The summed E-state index contributed by atoms with van der Waals surface area (Å²) in [5, 5.41) is 5.15. The fraction of sp³-hybridized carbons (Fsp3) is 0.600. The molecule has 13 heteroatoms. The molecule has 3 fully saturated rings. The number of nitrogens with zero attached hydrogens (tertiary/aromatic N) is 3. The van der Waals surface area contributed by atoms with Crippen LogP contribution in [0, 0.1) is 17.6 Å². The van der Waals surface area contributed by atoms with Gasteiger partial charge >= 0.3 is 12.2 Å². The van der Waals surface area contributed by atoms with Crippen LogP contribution in [0.4, 0.5) is 29.7 Å². The fourth-order valence-electron chi connectivity index (χ4n) is 5.08. The Kier molecular flexibility index (Phi) is 8.85. The largest absolute Gasteiger partial charge is 0.453 e. The number of amides is 4. The minimum atomic E-state index is -0.844. The Hall–Kier alpha value is -3.64. The van der Waals surface area contributed by atoms with E-state index in [-0.39, 0.29) is 74.9 Å². The summed E-state index contributed by atoms with van der Waals surface area (Å²) in [4.78, 5) is 52.5. The highest BCUT2D eigenvalue weighted by molar-refractivity contribution is 5.90. The second-order valence-corrected chi connectivity index (χ2v) is 9.67. The summed E-state index contributed by atoms with van der Waals surface area (Å²) in [6.07, 6.45) is 2.71. The Morgan fingerprint density at radius 3 is 2.32 bits per heavy atom. The number of nitrogens with one attached hydrogen (secondary N) is 2. The number of piperazine rings is 1. The van der Waals surface area contributed by atoms with Crippen LogP contribution in [-0.4, -0.2) is 87.9 Å². The number of hydrogen-bond acceptors (Lipinski definition) is 7. The molecule has 1 atom stereocenters. The topological polar surface area (TPSA) is 121 Å². The van der Waals surface area contributed by atoms with E-state index in [0.29, 0.717) is 0 Å². The Morgan fingerprint density at radius 2 is 1.68 bits per heavy atom. The van der Waals surface area contributed by atoms with Crippen LogP contribution >= 0.6 is 0 Å². The second kappa shape index (κ2) is 12.3. The zero-order valence-corrected chi connectivity index (χ0v) is 21.3. The number of cyclic esters (lactones) is 1. The molecule has 0 bridgehead atoms. The van der Waals surface area contributed by atoms with Gasteiger partial charge in [0.1, 0.15) is 11.8 Å². The van der Waals surface area contributed by atoms with Crippen LogP contribution in [0.1, 0.15) is 32.1 Å². The summed E-state index contributed by atoms with van der Waals surface area (Å²) >= 11 is 0. The number of halogens is 2. The Labute approximate surface area is 219 Å². The summed E-state index contributed by atoms with van der Waals surface area (Å²) in [6.45, 7) is 0.836. The molecule has 38 heavy (non-hydrogen) atoms. The minimum absolute atomic E-state index is 0.000868. The zero-order valence-electron chi connectivity index (χ0n) is 21.3. The lowest BCUT2D eigenvalue weighted by Crippen LogP contribution is -2.52. The highest BCUT2D eigenvalue weighted by atomic mass is 19.1. The number of rotatable bonds is 7. The molecule has 1 saturated carbocycles. The van der Waals surface area contributed by atoms with E-state index in [1.807, 2.05) is 0 Å². The number of carbonyl (C=O) groups excluding carboxylic acids is 4. The predicted octanol–water partition coefficient (Wildman–Crippen LogP) is 1.99. The lowest BCUT2D eigenvalue weighted by Gasteiger charge is -2.36. The molecule has 2 N–H and O–H groups in total. The summed E-state index contributed by atoms with van der Waals surface area (Å²) in [6, 6.07) is 2.13.